The van der Waals surface area contributed by atoms with Gasteiger partial charge in [-0.15, -0.1) is 0 Å². The highest BCUT2D eigenvalue weighted by Gasteiger charge is 2.59. The minimum absolute atomic E-state index is 0.217. The number of halogens is 3. The van der Waals surface area contributed by atoms with Crippen LogP contribution in [0.3, 0.4) is 0 Å². The molecule has 1 unspecified atom stereocenters. The zero-order chi connectivity index (χ0) is 15.2. The van der Waals surface area contributed by atoms with Crippen molar-refractivity contribution < 1.29 is 27.6 Å². The predicted molar refractivity (Wildman–Crippen MR) is 61.3 cm³/mol. The highest BCUT2D eigenvalue weighted by atomic mass is 19.4. The largest absolute Gasteiger partial charge is 0.412 e. The second-order valence-electron chi connectivity index (χ2n) is 4.96. The second-order valence-corrected chi connectivity index (χ2v) is 4.96. The van der Waals surface area contributed by atoms with Crippen LogP contribution in [0.15, 0.2) is 11.1 Å². The van der Waals surface area contributed by atoms with Crippen LogP contribution in [0.4, 0.5) is 13.2 Å². The summed E-state index contributed by atoms with van der Waals surface area (Å²) in [4.78, 5) is 35.2. The van der Waals surface area contributed by atoms with Crippen molar-refractivity contribution in [1.82, 2.24) is 0 Å². The molecule has 0 saturated carbocycles. The van der Waals surface area contributed by atoms with Gasteiger partial charge < -0.3 is 0 Å². The minimum Gasteiger partial charge on any atom is -0.299 e. The molecule has 1 aliphatic carbocycles. The van der Waals surface area contributed by atoms with E-state index in [2.05, 4.69) is 0 Å². The molecule has 0 aromatic carbocycles. The van der Waals surface area contributed by atoms with Gasteiger partial charge in [-0.1, -0.05) is 5.57 Å². The lowest BCUT2D eigenvalue weighted by Crippen LogP contribution is -2.44. The molecule has 0 radical (unpaired) electrons. The van der Waals surface area contributed by atoms with Crippen molar-refractivity contribution in [3.05, 3.63) is 11.1 Å². The van der Waals surface area contributed by atoms with Crippen molar-refractivity contribution in [2.75, 3.05) is 0 Å². The van der Waals surface area contributed by atoms with E-state index in [9.17, 15) is 27.6 Å². The first kappa shape index (κ1) is 15.6. The summed E-state index contributed by atoms with van der Waals surface area (Å²) in [6.07, 6.45) is -5.37. The fourth-order valence-corrected chi connectivity index (χ4v) is 2.94. The van der Waals surface area contributed by atoms with Gasteiger partial charge in [-0.2, -0.15) is 13.2 Å². The molecule has 106 valence electrons. The monoisotopic (exact) mass is 276 g/mol. The maximum atomic E-state index is 12.9. The SMILES string of the molecule is CC(=O)C1C(C)=C(C(F)(F)F)CC1(C(C)=O)C(C)=O. The summed E-state index contributed by atoms with van der Waals surface area (Å²) in [6, 6.07) is 0. The van der Waals surface area contributed by atoms with Gasteiger partial charge in [0, 0.05) is 5.57 Å². The number of alkyl halides is 3. The molecule has 0 heterocycles. The minimum atomic E-state index is -4.63. The number of allylic oxidation sites excluding steroid dienone is 2. The lowest BCUT2D eigenvalue weighted by molar-refractivity contribution is -0.145. The Hall–Kier alpha value is -1.46. The second kappa shape index (κ2) is 4.58. The molecular weight excluding hydrogens is 261 g/mol. The molecule has 3 nitrogen and oxygen atoms in total. The van der Waals surface area contributed by atoms with Gasteiger partial charge in [-0.05, 0) is 34.1 Å². The standard InChI is InChI=1S/C13H15F3O3/c1-6-10(13(14,15)16)5-12(8(3)18,9(4)19)11(6)7(2)17/h11H,5H2,1-4H3. The number of carbonyl (C=O) groups is 3. The number of ketones is 3. The van der Waals surface area contributed by atoms with Crippen molar-refractivity contribution >= 4 is 17.3 Å². The molecule has 1 rings (SSSR count). The van der Waals surface area contributed by atoms with Gasteiger partial charge in [-0.25, -0.2) is 0 Å². The van der Waals surface area contributed by atoms with E-state index in [0.717, 1.165) is 20.8 Å². The Morgan fingerprint density at radius 1 is 1.11 bits per heavy atom. The van der Waals surface area contributed by atoms with Crippen LogP contribution in [0, 0.1) is 11.3 Å². The van der Waals surface area contributed by atoms with Crippen molar-refractivity contribution in [1.29, 1.82) is 0 Å². The molecule has 0 bridgehead atoms. The maximum absolute atomic E-state index is 12.9. The third-order valence-corrected chi connectivity index (χ3v) is 3.86. The van der Waals surface area contributed by atoms with Gasteiger partial charge in [0.1, 0.15) is 22.8 Å². The van der Waals surface area contributed by atoms with E-state index in [4.69, 9.17) is 0 Å². The first-order valence-corrected chi connectivity index (χ1v) is 5.75. The van der Waals surface area contributed by atoms with Crippen LogP contribution < -0.4 is 0 Å². The number of Topliss-reactive ketones (excluding diaryl/α,β-unsaturated/α-hetero) is 3. The fraction of sp³-hybridized carbons (Fsp3) is 0.615. The van der Waals surface area contributed by atoms with Crippen LogP contribution in [0.5, 0.6) is 0 Å². The molecule has 0 aromatic rings. The molecular formula is C13H15F3O3. The fourth-order valence-electron chi connectivity index (χ4n) is 2.94. The van der Waals surface area contributed by atoms with Gasteiger partial charge in [-0.3, -0.25) is 14.4 Å². The Kier molecular flexibility index (Phi) is 3.76. The van der Waals surface area contributed by atoms with Crippen molar-refractivity contribution in [2.24, 2.45) is 11.3 Å². The summed E-state index contributed by atoms with van der Waals surface area (Å²) in [5, 5.41) is 0. The van der Waals surface area contributed by atoms with E-state index < -0.39 is 46.9 Å². The van der Waals surface area contributed by atoms with Crippen molar-refractivity contribution in [3.63, 3.8) is 0 Å². The average molecular weight is 276 g/mol. The van der Waals surface area contributed by atoms with Crippen molar-refractivity contribution in [3.8, 4) is 0 Å². The van der Waals surface area contributed by atoms with E-state index in [1.165, 1.54) is 6.92 Å². The molecule has 0 aromatic heterocycles. The highest BCUT2D eigenvalue weighted by Crippen LogP contribution is 2.53. The van der Waals surface area contributed by atoms with Crippen LogP contribution in [-0.2, 0) is 14.4 Å². The molecule has 1 atom stereocenters. The Bertz CT molecular complexity index is 472. The third kappa shape index (κ3) is 2.24. The summed E-state index contributed by atoms with van der Waals surface area (Å²) >= 11 is 0. The number of rotatable bonds is 3. The number of hydrogen-bond donors (Lipinski definition) is 0. The Morgan fingerprint density at radius 3 is 1.74 bits per heavy atom. The topological polar surface area (TPSA) is 51.2 Å². The maximum Gasteiger partial charge on any atom is 0.412 e. The van der Waals surface area contributed by atoms with Crippen LogP contribution >= 0.6 is 0 Å². The first-order valence-electron chi connectivity index (χ1n) is 5.75. The molecule has 0 N–H and O–H groups in total. The molecule has 0 fully saturated rings. The summed E-state index contributed by atoms with van der Waals surface area (Å²) in [6.45, 7) is 4.39. The molecule has 0 aliphatic heterocycles. The average Bonchev–Trinajstić information content (AvgIpc) is 2.51. The molecule has 1 aliphatic rings. The Labute approximate surface area is 108 Å². The van der Waals surface area contributed by atoms with E-state index in [1.54, 1.807) is 0 Å². The lowest BCUT2D eigenvalue weighted by atomic mass is 9.68. The molecule has 6 heteroatoms. The van der Waals surface area contributed by atoms with E-state index in [1.807, 2.05) is 0 Å². The molecule has 19 heavy (non-hydrogen) atoms. The number of carbonyl (C=O) groups excluding carboxylic acids is 3. The lowest BCUT2D eigenvalue weighted by Gasteiger charge is -2.30. The summed E-state index contributed by atoms with van der Waals surface area (Å²) < 4.78 is 38.8. The number of hydrogen-bond acceptors (Lipinski definition) is 3. The quantitative estimate of drug-likeness (QED) is 0.588. The summed E-state index contributed by atoms with van der Waals surface area (Å²) in [5.74, 6) is -3.29. The summed E-state index contributed by atoms with van der Waals surface area (Å²) in [5.41, 5.74) is -3.04. The van der Waals surface area contributed by atoms with Crippen LogP contribution in [-0.4, -0.2) is 23.5 Å². The normalized spacial score (nSPS) is 22.6. The predicted octanol–water partition coefficient (Wildman–Crippen LogP) is 2.64. The summed E-state index contributed by atoms with van der Waals surface area (Å²) in [7, 11) is 0. The van der Waals surface area contributed by atoms with Gasteiger partial charge >= 0.3 is 6.18 Å². The van der Waals surface area contributed by atoms with Gasteiger partial charge in [0.2, 0.25) is 0 Å². The van der Waals surface area contributed by atoms with Gasteiger partial charge in [0.15, 0.2) is 0 Å². The van der Waals surface area contributed by atoms with E-state index in [-0.39, 0.29) is 5.57 Å². The Morgan fingerprint density at radius 2 is 1.53 bits per heavy atom. The molecule has 0 spiro atoms. The van der Waals surface area contributed by atoms with E-state index >= 15 is 0 Å². The van der Waals surface area contributed by atoms with E-state index in [0.29, 0.717) is 0 Å². The zero-order valence-electron chi connectivity index (χ0n) is 11.1. The zero-order valence-corrected chi connectivity index (χ0v) is 11.1. The van der Waals surface area contributed by atoms with Crippen molar-refractivity contribution in [2.45, 2.75) is 40.3 Å². The smallest absolute Gasteiger partial charge is 0.299 e. The molecule has 0 amide bonds. The third-order valence-electron chi connectivity index (χ3n) is 3.86. The van der Waals surface area contributed by atoms with Crippen LogP contribution in [0.2, 0.25) is 0 Å². The Balaban J connectivity index is 3.53. The van der Waals surface area contributed by atoms with Crippen LogP contribution in [0.25, 0.3) is 0 Å². The van der Waals surface area contributed by atoms with Gasteiger partial charge in [0.25, 0.3) is 0 Å². The first-order chi connectivity index (χ1) is 8.46. The van der Waals surface area contributed by atoms with Crippen LogP contribution in [0.1, 0.15) is 34.1 Å². The highest BCUT2D eigenvalue weighted by molar-refractivity contribution is 6.10. The van der Waals surface area contributed by atoms with Gasteiger partial charge in [0.05, 0.1) is 5.92 Å². The molecule has 0 saturated heterocycles.